The summed E-state index contributed by atoms with van der Waals surface area (Å²) in [6.07, 6.45) is 8.81. The number of carbonyl (C=O) groups is 1. The SMILES string of the molecule is Cc1ccc(C)n1CC(=O)NCC1(Cc2nnc3ccccn23)CCCCC1. The Morgan fingerprint density at radius 2 is 1.82 bits per heavy atom. The van der Waals surface area contributed by atoms with Crippen molar-refractivity contribution in [3.8, 4) is 0 Å². The van der Waals surface area contributed by atoms with Gasteiger partial charge in [-0.3, -0.25) is 9.20 Å². The van der Waals surface area contributed by atoms with Crippen LogP contribution in [0.2, 0.25) is 0 Å². The third-order valence-corrected chi connectivity index (χ3v) is 6.21. The standard InChI is InChI=1S/C22H29N5O/c1-17-9-10-18(2)27(17)15-21(28)23-16-22(11-5-3-6-12-22)14-20-25-24-19-8-4-7-13-26(19)20/h4,7-10,13H,3,5-6,11-12,14-16H2,1-2H3,(H,23,28). The molecule has 1 saturated carbocycles. The second-order valence-corrected chi connectivity index (χ2v) is 8.26. The van der Waals surface area contributed by atoms with Crippen molar-refractivity contribution in [2.45, 2.75) is 58.9 Å². The monoisotopic (exact) mass is 379 g/mol. The van der Waals surface area contributed by atoms with Crippen LogP contribution in [0.25, 0.3) is 5.65 Å². The normalized spacial score (nSPS) is 16.4. The van der Waals surface area contributed by atoms with Gasteiger partial charge in [-0.2, -0.15) is 0 Å². The third-order valence-electron chi connectivity index (χ3n) is 6.21. The quantitative estimate of drug-likeness (QED) is 0.713. The smallest absolute Gasteiger partial charge is 0.239 e. The number of amides is 1. The zero-order valence-electron chi connectivity index (χ0n) is 16.8. The summed E-state index contributed by atoms with van der Waals surface area (Å²) >= 11 is 0. The summed E-state index contributed by atoms with van der Waals surface area (Å²) in [5.74, 6) is 1.07. The van der Waals surface area contributed by atoms with Crippen molar-refractivity contribution in [1.82, 2.24) is 24.5 Å². The number of fused-ring (bicyclic) bond motifs is 1. The van der Waals surface area contributed by atoms with E-state index in [-0.39, 0.29) is 11.3 Å². The highest BCUT2D eigenvalue weighted by Gasteiger charge is 2.34. The molecule has 3 aromatic heterocycles. The van der Waals surface area contributed by atoms with Crippen molar-refractivity contribution in [3.05, 3.63) is 53.7 Å². The van der Waals surface area contributed by atoms with Gasteiger partial charge in [-0.25, -0.2) is 0 Å². The number of nitrogens with one attached hydrogen (secondary N) is 1. The van der Waals surface area contributed by atoms with E-state index in [1.807, 2.05) is 38.2 Å². The summed E-state index contributed by atoms with van der Waals surface area (Å²) in [6.45, 7) is 5.17. The topological polar surface area (TPSA) is 64.2 Å². The first-order valence-corrected chi connectivity index (χ1v) is 10.2. The number of hydrogen-bond acceptors (Lipinski definition) is 3. The molecule has 3 heterocycles. The van der Waals surface area contributed by atoms with E-state index in [9.17, 15) is 4.79 Å². The molecule has 6 nitrogen and oxygen atoms in total. The minimum Gasteiger partial charge on any atom is -0.354 e. The fraction of sp³-hybridized carbons (Fsp3) is 0.500. The summed E-state index contributed by atoms with van der Waals surface area (Å²) < 4.78 is 4.14. The molecule has 1 aliphatic rings. The van der Waals surface area contributed by atoms with Crippen LogP contribution in [-0.4, -0.2) is 31.6 Å². The van der Waals surface area contributed by atoms with Gasteiger partial charge < -0.3 is 9.88 Å². The number of aromatic nitrogens is 4. The van der Waals surface area contributed by atoms with Gasteiger partial charge in [-0.1, -0.05) is 25.3 Å². The van der Waals surface area contributed by atoms with Crippen molar-refractivity contribution in [2.75, 3.05) is 6.54 Å². The van der Waals surface area contributed by atoms with Gasteiger partial charge in [0.1, 0.15) is 12.4 Å². The predicted octanol–water partition coefficient (Wildman–Crippen LogP) is 3.46. The Kier molecular flexibility index (Phi) is 5.20. The van der Waals surface area contributed by atoms with E-state index in [2.05, 4.69) is 36.6 Å². The van der Waals surface area contributed by atoms with Gasteiger partial charge >= 0.3 is 0 Å². The van der Waals surface area contributed by atoms with Gasteiger partial charge in [-0.05, 0) is 56.4 Å². The first kappa shape index (κ1) is 18.7. The van der Waals surface area contributed by atoms with Crippen LogP contribution < -0.4 is 5.32 Å². The van der Waals surface area contributed by atoms with E-state index in [4.69, 9.17) is 0 Å². The molecule has 0 aromatic carbocycles. The molecule has 1 fully saturated rings. The van der Waals surface area contributed by atoms with Gasteiger partial charge in [0.25, 0.3) is 0 Å². The summed E-state index contributed by atoms with van der Waals surface area (Å²) in [5, 5.41) is 12.0. The molecule has 148 valence electrons. The second-order valence-electron chi connectivity index (χ2n) is 8.26. The fourth-order valence-corrected chi connectivity index (χ4v) is 4.50. The minimum absolute atomic E-state index is 0.0630. The number of pyridine rings is 1. The summed E-state index contributed by atoms with van der Waals surface area (Å²) in [6, 6.07) is 10.1. The predicted molar refractivity (Wildman–Crippen MR) is 109 cm³/mol. The lowest BCUT2D eigenvalue weighted by Crippen LogP contribution is -2.42. The fourth-order valence-electron chi connectivity index (χ4n) is 4.50. The van der Waals surface area contributed by atoms with E-state index >= 15 is 0 Å². The average Bonchev–Trinajstić information content (AvgIpc) is 3.25. The lowest BCUT2D eigenvalue weighted by Gasteiger charge is -2.37. The average molecular weight is 380 g/mol. The lowest BCUT2D eigenvalue weighted by molar-refractivity contribution is -0.122. The number of nitrogens with zero attached hydrogens (tertiary/aromatic N) is 4. The molecule has 3 aromatic rings. The van der Waals surface area contributed by atoms with Crippen LogP contribution in [0.1, 0.15) is 49.3 Å². The summed E-state index contributed by atoms with van der Waals surface area (Å²) in [5.41, 5.74) is 3.18. The number of rotatable bonds is 6. The zero-order valence-corrected chi connectivity index (χ0v) is 16.8. The molecule has 0 aliphatic heterocycles. The van der Waals surface area contributed by atoms with Crippen molar-refractivity contribution < 1.29 is 4.79 Å². The number of hydrogen-bond donors (Lipinski definition) is 1. The minimum atomic E-state index is 0.0630. The lowest BCUT2D eigenvalue weighted by atomic mass is 9.71. The molecular weight excluding hydrogens is 350 g/mol. The van der Waals surface area contributed by atoms with Gasteiger partial charge in [0.2, 0.25) is 5.91 Å². The maximum atomic E-state index is 12.6. The Hall–Kier alpha value is -2.63. The molecule has 0 saturated heterocycles. The van der Waals surface area contributed by atoms with Gasteiger partial charge in [0, 0.05) is 30.6 Å². The molecule has 0 spiro atoms. The summed E-state index contributed by atoms with van der Waals surface area (Å²) in [4.78, 5) is 12.6. The van der Waals surface area contributed by atoms with Crippen molar-refractivity contribution in [1.29, 1.82) is 0 Å². The van der Waals surface area contributed by atoms with E-state index in [0.29, 0.717) is 13.1 Å². The molecule has 0 radical (unpaired) electrons. The van der Waals surface area contributed by atoms with E-state index in [1.54, 1.807) is 0 Å². The molecular formula is C22H29N5O. The Bertz CT molecular complexity index is 945. The largest absolute Gasteiger partial charge is 0.354 e. The zero-order chi connectivity index (χ0) is 19.6. The Balaban J connectivity index is 1.47. The van der Waals surface area contributed by atoms with Crippen LogP contribution in [0.15, 0.2) is 36.5 Å². The summed E-state index contributed by atoms with van der Waals surface area (Å²) in [7, 11) is 0. The van der Waals surface area contributed by atoms with Crippen LogP contribution in [0.4, 0.5) is 0 Å². The molecule has 0 bridgehead atoms. The van der Waals surface area contributed by atoms with E-state index in [1.165, 1.54) is 19.3 Å². The van der Waals surface area contributed by atoms with Crippen molar-refractivity contribution in [3.63, 3.8) is 0 Å². The Labute approximate surface area is 166 Å². The molecule has 1 N–H and O–H groups in total. The number of carbonyl (C=O) groups excluding carboxylic acids is 1. The van der Waals surface area contributed by atoms with Crippen LogP contribution in [0, 0.1) is 19.3 Å². The Morgan fingerprint density at radius 3 is 2.57 bits per heavy atom. The second kappa shape index (κ2) is 7.78. The highest BCUT2D eigenvalue weighted by atomic mass is 16.1. The first-order chi connectivity index (χ1) is 13.6. The molecule has 0 atom stereocenters. The highest BCUT2D eigenvalue weighted by Crippen LogP contribution is 2.38. The van der Waals surface area contributed by atoms with Crippen LogP contribution >= 0.6 is 0 Å². The molecule has 1 amide bonds. The maximum Gasteiger partial charge on any atom is 0.239 e. The van der Waals surface area contributed by atoms with Gasteiger partial charge in [0.05, 0.1) is 0 Å². The van der Waals surface area contributed by atoms with E-state index in [0.717, 1.165) is 42.1 Å². The van der Waals surface area contributed by atoms with E-state index < -0.39 is 0 Å². The highest BCUT2D eigenvalue weighted by molar-refractivity contribution is 5.76. The maximum absolute atomic E-state index is 12.6. The number of aryl methyl sites for hydroxylation is 2. The molecule has 1 aliphatic carbocycles. The van der Waals surface area contributed by atoms with Crippen molar-refractivity contribution >= 4 is 11.6 Å². The van der Waals surface area contributed by atoms with Gasteiger partial charge in [-0.15, -0.1) is 10.2 Å². The van der Waals surface area contributed by atoms with Crippen LogP contribution in [0.5, 0.6) is 0 Å². The molecule has 28 heavy (non-hydrogen) atoms. The van der Waals surface area contributed by atoms with Crippen LogP contribution in [0.3, 0.4) is 0 Å². The molecule has 4 rings (SSSR count). The van der Waals surface area contributed by atoms with Crippen molar-refractivity contribution in [2.24, 2.45) is 5.41 Å². The third kappa shape index (κ3) is 3.81. The van der Waals surface area contributed by atoms with Gasteiger partial charge in [0.15, 0.2) is 5.65 Å². The van der Waals surface area contributed by atoms with Crippen LogP contribution in [-0.2, 0) is 17.8 Å². The first-order valence-electron chi connectivity index (χ1n) is 10.2. The Morgan fingerprint density at radius 1 is 1.07 bits per heavy atom. The molecule has 0 unspecified atom stereocenters. The molecule has 6 heteroatoms.